The van der Waals surface area contributed by atoms with E-state index in [1.165, 1.54) is 6.33 Å². The van der Waals surface area contributed by atoms with Crippen molar-refractivity contribution in [3.63, 3.8) is 0 Å². The summed E-state index contributed by atoms with van der Waals surface area (Å²) in [6, 6.07) is 9.76. The van der Waals surface area contributed by atoms with E-state index in [1.54, 1.807) is 53.6 Å². The standard InChI is InChI=1S/C20H13F3N6O/c21-15-6-5-14(18(22)19(15)23)20(30)28-13-3-1-12(2-4-13)27-16-9-17(26-10-25-16)29-8-7-24-11-29/h1-11H,(H,28,30)(H,25,26,27). The molecule has 2 aromatic carbocycles. The van der Waals surface area contributed by atoms with E-state index in [0.717, 1.165) is 6.07 Å². The molecule has 2 aromatic heterocycles. The quantitative estimate of drug-likeness (QED) is 0.485. The van der Waals surface area contributed by atoms with Crippen LogP contribution in [0.1, 0.15) is 10.4 Å². The molecule has 0 radical (unpaired) electrons. The summed E-state index contributed by atoms with van der Waals surface area (Å²) in [6.45, 7) is 0. The van der Waals surface area contributed by atoms with Crippen molar-refractivity contribution in [1.29, 1.82) is 0 Å². The Labute approximate surface area is 168 Å². The van der Waals surface area contributed by atoms with E-state index in [0.29, 0.717) is 29.1 Å². The van der Waals surface area contributed by atoms with Gasteiger partial charge in [0, 0.05) is 29.8 Å². The van der Waals surface area contributed by atoms with Crippen molar-refractivity contribution in [2.75, 3.05) is 10.6 Å². The smallest absolute Gasteiger partial charge is 0.258 e. The SMILES string of the molecule is O=C(Nc1ccc(Nc2cc(-n3ccnc3)ncn2)cc1)c1ccc(F)c(F)c1F. The van der Waals surface area contributed by atoms with Gasteiger partial charge in [-0.15, -0.1) is 0 Å². The topological polar surface area (TPSA) is 84.7 Å². The fraction of sp³-hybridized carbons (Fsp3) is 0. The number of anilines is 3. The number of nitrogens with zero attached hydrogens (tertiary/aromatic N) is 4. The molecule has 0 unspecified atom stereocenters. The van der Waals surface area contributed by atoms with Crippen LogP contribution in [-0.2, 0) is 0 Å². The summed E-state index contributed by atoms with van der Waals surface area (Å²) in [7, 11) is 0. The molecule has 2 heterocycles. The van der Waals surface area contributed by atoms with E-state index in [9.17, 15) is 18.0 Å². The molecule has 4 rings (SSSR count). The van der Waals surface area contributed by atoms with E-state index in [4.69, 9.17) is 0 Å². The molecule has 0 spiro atoms. The number of carbonyl (C=O) groups is 1. The minimum Gasteiger partial charge on any atom is -0.340 e. The summed E-state index contributed by atoms with van der Waals surface area (Å²) < 4.78 is 41.8. The van der Waals surface area contributed by atoms with Gasteiger partial charge >= 0.3 is 0 Å². The average Bonchev–Trinajstić information content (AvgIpc) is 3.29. The zero-order valence-corrected chi connectivity index (χ0v) is 15.2. The van der Waals surface area contributed by atoms with E-state index in [-0.39, 0.29) is 0 Å². The van der Waals surface area contributed by atoms with E-state index >= 15 is 0 Å². The molecule has 0 aliphatic heterocycles. The highest BCUT2D eigenvalue weighted by Gasteiger charge is 2.18. The fourth-order valence-corrected chi connectivity index (χ4v) is 2.64. The van der Waals surface area contributed by atoms with Crippen LogP contribution in [0.3, 0.4) is 0 Å². The second kappa shape index (κ2) is 8.03. The fourth-order valence-electron chi connectivity index (χ4n) is 2.64. The lowest BCUT2D eigenvalue weighted by atomic mass is 10.1. The number of nitrogens with one attached hydrogen (secondary N) is 2. The maximum Gasteiger partial charge on any atom is 0.258 e. The molecular weight excluding hydrogens is 397 g/mol. The van der Waals surface area contributed by atoms with Gasteiger partial charge < -0.3 is 10.6 Å². The first-order valence-corrected chi connectivity index (χ1v) is 8.63. The maximum absolute atomic E-state index is 13.8. The molecule has 0 fully saturated rings. The summed E-state index contributed by atoms with van der Waals surface area (Å²) in [5.41, 5.74) is 0.419. The van der Waals surface area contributed by atoms with Crippen LogP contribution in [0, 0.1) is 17.5 Å². The molecule has 0 aliphatic carbocycles. The van der Waals surface area contributed by atoms with Crippen molar-refractivity contribution in [3.8, 4) is 5.82 Å². The zero-order chi connectivity index (χ0) is 21.1. The Morgan fingerprint density at radius 3 is 2.43 bits per heavy atom. The Morgan fingerprint density at radius 2 is 1.70 bits per heavy atom. The Morgan fingerprint density at radius 1 is 0.933 bits per heavy atom. The molecule has 0 bridgehead atoms. The Balaban J connectivity index is 1.45. The molecule has 2 N–H and O–H groups in total. The van der Waals surface area contributed by atoms with Crippen LogP contribution < -0.4 is 10.6 Å². The minimum absolute atomic E-state index is 0.344. The number of rotatable bonds is 5. The minimum atomic E-state index is -1.69. The molecule has 0 saturated heterocycles. The number of benzene rings is 2. The van der Waals surface area contributed by atoms with Gasteiger partial charge in [-0.1, -0.05) is 0 Å². The van der Waals surface area contributed by atoms with Crippen LogP contribution in [0.25, 0.3) is 5.82 Å². The van der Waals surface area contributed by atoms with Crippen molar-refractivity contribution >= 4 is 23.1 Å². The highest BCUT2D eigenvalue weighted by atomic mass is 19.2. The summed E-state index contributed by atoms with van der Waals surface area (Å²) in [5, 5.41) is 5.53. The third kappa shape index (κ3) is 3.97. The van der Waals surface area contributed by atoms with Crippen LogP contribution in [0.5, 0.6) is 0 Å². The Kier molecular flexibility index (Phi) is 5.12. The molecule has 150 valence electrons. The molecule has 0 saturated carbocycles. The molecular formula is C20H13F3N6O. The summed E-state index contributed by atoms with van der Waals surface area (Å²) in [6.07, 6.45) is 6.40. The van der Waals surface area contributed by atoms with Crippen LogP contribution in [0.4, 0.5) is 30.4 Å². The number of aromatic nitrogens is 4. The van der Waals surface area contributed by atoms with Crippen molar-refractivity contribution in [3.05, 3.63) is 90.5 Å². The predicted molar refractivity (Wildman–Crippen MR) is 103 cm³/mol. The normalized spacial score (nSPS) is 10.6. The number of halogens is 3. The van der Waals surface area contributed by atoms with Crippen molar-refractivity contribution in [2.45, 2.75) is 0 Å². The number of imidazole rings is 1. The maximum atomic E-state index is 13.8. The first-order valence-electron chi connectivity index (χ1n) is 8.63. The van der Waals surface area contributed by atoms with Crippen molar-refractivity contribution < 1.29 is 18.0 Å². The molecule has 10 heteroatoms. The molecule has 1 amide bonds. The Bertz CT molecular complexity index is 1200. The predicted octanol–water partition coefficient (Wildman–Crippen LogP) is 4.08. The first kappa shape index (κ1) is 19.1. The summed E-state index contributed by atoms with van der Waals surface area (Å²) in [4.78, 5) is 24.4. The lowest BCUT2D eigenvalue weighted by molar-refractivity contribution is 0.102. The lowest BCUT2D eigenvalue weighted by Gasteiger charge is -2.10. The van der Waals surface area contributed by atoms with Crippen molar-refractivity contribution in [2.24, 2.45) is 0 Å². The largest absolute Gasteiger partial charge is 0.340 e. The average molecular weight is 410 g/mol. The highest BCUT2D eigenvalue weighted by molar-refractivity contribution is 6.04. The van der Waals surface area contributed by atoms with Crippen LogP contribution in [0.2, 0.25) is 0 Å². The first-order chi connectivity index (χ1) is 14.5. The third-order valence-electron chi connectivity index (χ3n) is 4.12. The van der Waals surface area contributed by atoms with Crippen LogP contribution >= 0.6 is 0 Å². The molecule has 7 nitrogen and oxygen atoms in total. The highest BCUT2D eigenvalue weighted by Crippen LogP contribution is 2.20. The van der Waals surface area contributed by atoms with Gasteiger partial charge in [0.25, 0.3) is 5.91 Å². The molecule has 0 atom stereocenters. The monoisotopic (exact) mass is 410 g/mol. The number of hydrogen-bond donors (Lipinski definition) is 2. The van der Waals surface area contributed by atoms with Gasteiger partial charge in [0.05, 0.1) is 5.56 Å². The van der Waals surface area contributed by atoms with Gasteiger partial charge in [-0.05, 0) is 36.4 Å². The molecule has 4 aromatic rings. The second-order valence-electron chi connectivity index (χ2n) is 6.11. The lowest BCUT2D eigenvalue weighted by Crippen LogP contribution is -2.15. The van der Waals surface area contributed by atoms with E-state index < -0.39 is 28.9 Å². The van der Waals surface area contributed by atoms with Crippen molar-refractivity contribution in [1.82, 2.24) is 19.5 Å². The van der Waals surface area contributed by atoms with Crippen LogP contribution in [0.15, 0.2) is 67.5 Å². The van der Waals surface area contributed by atoms with Crippen LogP contribution in [-0.4, -0.2) is 25.4 Å². The third-order valence-corrected chi connectivity index (χ3v) is 4.12. The number of amides is 1. The van der Waals surface area contributed by atoms with Gasteiger partial charge in [-0.25, -0.2) is 28.1 Å². The Hall–Kier alpha value is -4.21. The van der Waals surface area contributed by atoms with Gasteiger partial charge in [0.1, 0.15) is 24.3 Å². The van der Waals surface area contributed by atoms with Gasteiger partial charge in [-0.3, -0.25) is 9.36 Å². The van der Waals surface area contributed by atoms with Gasteiger partial charge in [0.2, 0.25) is 0 Å². The summed E-state index contributed by atoms with van der Waals surface area (Å²) in [5.74, 6) is -4.32. The molecule has 30 heavy (non-hydrogen) atoms. The molecule has 0 aliphatic rings. The zero-order valence-electron chi connectivity index (χ0n) is 15.2. The van der Waals surface area contributed by atoms with E-state index in [1.807, 2.05) is 0 Å². The number of carbonyl (C=O) groups excluding carboxylic acids is 1. The number of hydrogen-bond acceptors (Lipinski definition) is 5. The summed E-state index contributed by atoms with van der Waals surface area (Å²) >= 11 is 0. The van der Waals surface area contributed by atoms with Gasteiger partial charge in [-0.2, -0.15) is 0 Å². The second-order valence-corrected chi connectivity index (χ2v) is 6.11. The van der Waals surface area contributed by atoms with E-state index in [2.05, 4.69) is 25.6 Å². The van der Waals surface area contributed by atoms with Gasteiger partial charge in [0.15, 0.2) is 17.5 Å².